The molecule has 1 aliphatic heterocycles. The van der Waals surface area contributed by atoms with Gasteiger partial charge in [-0.05, 0) is 23.8 Å². The van der Waals surface area contributed by atoms with Crippen molar-refractivity contribution in [3.8, 4) is 0 Å². The molecule has 0 amide bonds. The normalized spacial score (nSPS) is 18.6. The second-order valence-corrected chi connectivity index (χ2v) is 4.55. The number of halogens is 2. The highest BCUT2D eigenvalue weighted by Gasteiger charge is 2.11. The predicted molar refractivity (Wildman–Crippen MR) is 66.7 cm³/mol. The molecule has 2 nitrogen and oxygen atoms in total. The maximum absolute atomic E-state index is 11.3. The van der Waals surface area contributed by atoms with E-state index < -0.39 is 0 Å². The Labute approximate surface area is 104 Å². The predicted octanol–water partition coefficient (Wildman–Crippen LogP) is 3.29. The lowest BCUT2D eigenvalue weighted by Crippen LogP contribution is -2.25. The maximum atomic E-state index is 11.3. The van der Waals surface area contributed by atoms with Crippen molar-refractivity contribution in [2.24, 2.45) is 0 Å². The fourth-order valence-corrected chi connectivity index (χ4v) is 1.94. The molecule has 2 rings (SSSR count). The van der Waals surface area contributed by atoms with Crippen LogP contribution in [0.5, 0.6) is 0 Å². The maximum Gasteiger partial charge on any atom is 0.140 e. The molecule has 0 spiro atoms. The van der Waals surface area contributed by atoms with Gasteiger partial charge in [-0.2, -0.15) is 0 Å². The third kappa shape index (κ3) is 2.77. The van der Waals surface area contributed by atoms with Crippen molar-refractivity contribution in [1.29, 1.82) is 0 Å². The molecule has 84 valence electrons. The van der Waals surface area contributed by atoms with Crippen molar-refractivity contribution < 1.29 is 4.79 Å². The van der Waals surface area contributed by atoms with Crippen LogP contribution >= 0.6 is 23.2 Å². The van der Waals surface area contributed by atoms with Gasteiger partial charge in [-0.25, -0.2) is 0 Å². The third-order valence-electron chi connectivity index (χ3n) is 2.43. The first-order valence-corrected chi connectivity index (χ1v) is 5.82. The molecule has 0 bridgehead atoms. The summed E-state index contributed by atoms with van der Waals surface area (Å²) in [6.07, 6.45) is 3.01. The van der Waals surface area contributed by atoms with Gasteiger partial charge in [-0.3, -0.25) is 4.79 Å². The van der Waals surface area contributed by atoms with Crippen molar-refractivity contribution in [2.45, 2.75) is 12.8 Å². The zero-order valence-electron chi connectivity index (χ0n) is 8.59. The van der Waals surface area contributed by atoms with Crippen LogP contribution in [0.15, 0.2) is 23.9 Å². The van der Waals surface area contributed by atoms with Gasteiger partial charge in [-0.1, -0.05) is 29.3 Å². The number of hydrogen-bond donors (Lipinski definition) is 1. The van der Waals surface area contributed by atoms with Crippen LogP contribution in [0.1, 0.15) is 18.4 Å². The van der Waals surface area contributed by atoms with Gasteiger partial charge in [0.2, 0.25) is 0 Å². The van der Waals surface area contributed by atoms with Gasteiger partial charge in [0.15, 0.2) is 0 Å². The van der Waals surface area contributed by atoms with E-state index in [1.165, 1.54) is 0 Å². The number of Topliss-reactive ketones (excluding diaryl/α,β-unsaturated/α-hetero) is 1. The molecule has 0 unspecified atom stereocenters. The van der Waals surface area contributed by atoms with E-state index in [-0.39, 0.29) is 5.78 Å². The standard InChI is InChI=1S/C12H11Cl2NO/c13-11-2-1-8(6-12(11)14)5-9-7-10(16)3-4-15-9/h1-2,5-6,15H,3-4,7H2. The monoisotopic (exact) mass is 255 g/mol. The van der Waals surface area contributed by atoms with E-state index in [0.29, 0.717) is 29.4 Å². The van der Waals surface area contributed by atoms with Crippen LogP contribution in [0.2, 0.25) is 10.0 Å². The Morgan fingerprint density at radius 1 is 1.25 bits per heavy atom. The van der Waals surface area contributed by atoms with Crippen LogP contribution in [0.4, 0.5) is 0 Å². The first-order valence-electron chi connectivity index (χ1n) is 5.06. The molecule has 0 radical (unpaired) electrons. The Morgan fingerprint density at radius 3 is 2.75 bits per heavy atom. The van der Waals surface area contributed by atoms with E-state index in [0.717, 1.165) is 11.3 Å². The molecule has 0 aliphatic carbocycles. The van der Waals surface area contributed by atoms with E-state index in [1.54, 1.807) is 12.1 Å². The van der Waals surface area contributed by atoms with E-state index in [2.05, 4.69) is 5.32 Å². The summed E-state index contributed by atoms with van der Waals surface area (Å²) in [7, 11) is 0. The number of rotatable bonds is 1. The molecule has 1 N–H and O–H groups in total. The van der Waals surface area contributed by atoms with Crippen molar-refractivity contribution in [3.05, 3.63) is 39.5 Å². The second kappa shape index (κ2) is 4.89. The highest BCUT2D eigenvalue weighted by molar-refractivity contribution is 6.42. The molecular weight excluding hydrogens is 245 g/mol. The molecule has 1 aromatic rings. The summed E-state index contributed by atoms with van der Waals surface area (Å²) < 4.78 is 0. The Hall–Kier alpha value is -0.990. The first kappa shape index (κ1) is 11.5. The average molecular weight is 256 g/mol. The number of hydrogen-bond acceptors (Lipinski definition) is 2. The summed E-state index contributed by atoms with van der Waals surface area (Å²) in [4.78, 5) is 11.3. The first-order chi connectivity index (χ1) is 7.65. The largest absolute Gasteiger partial charge is 0.388 e. The molecule has 16 heavy (non-hydrogen) atoms. The Kier molecular flexibility index (Phi) is 3.52. The van der Waals surface area contributed by atoms with Gasteiger partial charge in [0.25, 0.3) is 0 Å². The van der Waals surface area contributed by atoms with E-state index in [9.17, 15) is 4.79 Å². The van der Waals surface area contributed by atoms with Crippen LogP contribution in [-0.2, 0) is 4.79 Å². The summed E-state index contributed by atoms with van der Waals surface area (Å²) in [6, 6.07) is 5.42. The smallest absolute Gasteiger partial charge is 0.140 e. The molecule has 1 fully saturated rings. The third-order valence-corrected chi connectivity index (χ3v) is 3.17. The van der Waals surface area contributed by atoms with Gasteiger partial charge in [0, 0.05) is 25.1 Å². The number of carbonyl (C=O) groups excluding carboxylic acids is 1. The fourth-order valence-electron chi connectivity index (χ4n) is 1.63. The lowest BCUT2D eigenvalue weighted by molar-refractivity contribution is -0.119. The van der Waals surface area contributed by atoms with Crippen LogP contribution in [0.25, 0.3) is 6.08 Å². The number of allylic oxidation sites excluding steroid dienone is 1. The minimum atomic E-state index is 0.269. The molecule has 0 atom stereocenters. The quantitative estimate of drug-likeness (QED) is 0.835. The Balaban J connectivity index is 2.21. The van der Waals surface area contributed by atoms with E-state index in [1.807, 2.05) is 12.1 Å². The summed E-state index contributed by atoms with van der Waals surface area (Å²) >= 11 is 11.7. The van der Waals surface area contributed by atoms with Gasteiger partial charge >= 0.3 is 0 Å². The van der Waals surface area contributed by atoms with Gasteiger partial charge < -0.3 is 5.32 Å². The van der Waals surface area contributed by atoms with E-state index >= 15 is 0 Å². The van der Waals surface area contributed by atoms with Crippen molar-refractivity contribution >= 4 is 35.1 Å². The van der Waals surface area contributed by atoms with Gasteiger partial charge in [0.05, 0.1) is 10.0 Å². The average Bonchev–Trinajstić information content (AvgIpc) is 2.24. The van der Waals surface area contributed by atoms with Crippen LogP contribution in [-0.4, -0.2) is 12.3 Å². The zero-order chi connectivity index (χ0) is 11.5. The number of benzene rings is 1. The van der Waals surface area contributed by atoms with Gasteiger partial charge in [-0.15, -0.1) is 0 Å². The molecule has 0 saturated carbocycles. The highest BCUT2D eigenvalue weighted by Crippen LogP contribution is 2.24. The molecule has 1 aliphatic rings. The molecule has 4 heteroatoms. The topological polar surface area (TPSA) is 29.1 Å². The number of carbonyl (C=O) groups is 1. The minimum Gasteiger partial charge on any atom is -0.388 e. The molecular formula is C12H11Cl2NO. The number of piperidine rings is 1. The lowest BCUT2D eigenvalue weighted by atomic mass is 10.1. The second-order valence-electron chi connectivity index (χ2n) is 3.74. The SMILES string of the molecule is O=C1CCNC(=Cc2ccc(Cl)c(Cl)c2)C1. The Morgan fingerprint density at radius 2 is 2.06 bits per heavy atom. The number of ketones is 1. The summed E-state index contributed by atoms with van der Waals surface area (Å²) in [6.45, 7) is 0.714. The Bertz CT molecular complexity index is 454. The van der Waals surface area contributed by atoms with Crippen molar-refractivity contribution in [1.82, 2.24) is 5.32 Å². The molecule has 0 aromatic heterocycles. The molecule has 1 heterocycles. The summed E-state index contributed by atoms with van der Waals surface area (Å²) in [5.41, 5.74) is 1.89. The van der Waals surface area contributed by atoms with Crippen LogP contribution in [0, 0.1) is 0 Å². The molecule has 1 aromatic carbocycles. The number of nitrogens with one attached hydrogen (secondary N) is 1. The molecule has 1 saturated heterocycles. The fraction of sp³-hybridized carbons (Fsp3) is 0.250. The highest BCUT2D eigenvalue weighted by atomic mass is 35.5. The van der Waals surface area contributed by atoms with Gasteiger partial charge in [0.1, 0.15) is 5.78 Å². The zero-order valence-corrected chi connectivity index (χ0v) is 10.1. The summed E-state index contributed by atoms with van der Waals surface area (Å²) in [5, 5.41) is 4.26. The van der Waals surface area contributed by atoms with Crippen molar-refractivity contribution in [3.63, 3.8) is 0 Å². The van der Waals surface area contributed by atoms with Crippen LogP contribution in [0.3, 0.4) is 0 Å². The van der Waals surface area contributed by atoms with Crippen LogP contribution < -0.4 is 5.32 Å². The van der Waals surface area contributed by atoms with E-state index in [4.69, 9.17) is 23.2 Å². The summed E-state index contributed by atoms with van der Waals surface area (Å²) in [5.74, 6) is 0.269. The minimum absolute atomic E-state index is 0.269. The lowest BCUT2D eigenvalue weighted by Gasteiger charge is -2.15. The van der Waals surface area contributed by atoms with Crippen molar-refractivity contribution in [2.75, 3.05) is 6.54 Å².